The molecule has 3 N–H and O–H groups in total. The van der Waals surface area contributed by atoms with Crippen molar-refractivity contribution in [2.24, 2.45) is 5.41 Å². The van der Waals surface area contributed by atoms with Gasteiger partial charge in [-0.1, -0.05) is 13.8 Å². The molecular weight excluding hydrogens is 220 g/mol. The van der Waals surface area contributed by atoms with E-state index in [4.69, 9.17) is 5.11 Å². The highest BCUT2D eigenvalue weighted by Crippen LogP contribution is 2.17. The van der Waals surface area contributed by atoms with Gasteiger partial charge in [-0.2, -0.15) is 0 Å². The van der Waals surface area contributed by atoms with E-state index < -0.39 is 5.91 Å². The predicted octanol–water partition coefficient (Wildman–Crippen LogP) is 0.513. The molecule has 1 heterocycles. The third-order valence-corrected chi connectivity index (χ3v) is 2.58. The second kappa shape index (κ2) is 5.63. The standard InChI is InChI=1S/C12H18N2O3/c1-12(2,4-6-15)8-14-11(17)9-7-13-5-3-10(9)16/h3,5,7,15H,4,6,8H2,1-2H3,(H,13,16)(H,14,17). The van der Waals surface area contributed by atoms with Gasteiger partial charge in [0, 0.05) is 31.6 Å². The van der Waals surface area contributed by atoms with Crippen LogP contribution in [0.25, 0.3) is 0 Å². The summed E-state index contributed by atoms with van der Waals surface area (Å²) >= 11 is 0. The SMILES string of the molecule is CC(C)(CCO)CNC(=O)c1c[nH]ccc1=O. The Balaban J connectivity index is 2.63. The molecule has 0 atom stereocenters. The molecule has 17 heavy (non-hydrogen) atoms. The number of aliphatic hydroxyl groups is 1. The lowest BCUT2D eigenvalue weighted by molar-refractivity contribution is 0.0927. The van der Waals surface area contributed by atoms with Gasteiger partial charge in [-0.3, -0.25) is 9.59 Å². The molecule has 0 fully saturated rings. The van der Waals surface area contributed by atoms with E-state index in [9.17, 15) is 9.59 Å². The normalized spacial score (nSPS) is 11.2. The molecule has 0 saturated heterocycles. The minimum atomic E-state index is -0.391. The van der Waals surface area contributed by atoms with Crippen LogP contribution in [0.5, 0.6) is 0 Å². The van der Waals surface area contributed by atoms with Crippen molar-refractivity contribution in [2.45, 2.75) is 20.3 Å². The monoisotopic (exact) mass is 238 g/mol. The first-order valence-electron chi connectivity index (χ1n) is 5.52. The van der Waals surface area contributed by atoms with Crippen LogP contribution < -0.4 is 10.7 Å². The van der Waals surface area contributed by atoms with Gasteiger partial charge in [-0.25, -0.2) is 0 Å². The molecule has 5 heteroatoms. The number of carbonyl (C=O) groups is 1. The summed E-state index contributed by atoms with van der Waals surface area (Å²) in [6, 6.07) is 1.31. The van der Waals surface area contributed by atoms with E-state index in [2.05, 4.69) is 10.3 Å². The first-order chi connectivity index (χ1) is 7.96. The zero-order valence-corrected chi connectivity index (χ0v) is 10.1. The van der Waals surface area contributed by atoms with Gasteiger partial charge in [0.2, 0.25) is 0 Å². The number of aromatic amines is 1. The number of aliphatic hydroxyl groups excluding tert-OH is 1. The topological polar surface area (TPSA) is 82.2 Å². The number of hydrogen-bond donors (Lipinski definition) is 3. The fourth-order valence-electron chi connectivity index (χ4n) is 1.40. The Kier molecular flexibility index (Phi) is 4.45. The van der Waals surface area contributed by atoms with E-state index >= 15 is 0 Å². The zero-order valence-electron chi connectivity index (χ0n) is 10.1. The second-order valence-electron chi connectivity index (χ2n) is 4.74. The predicted molar refractivity (Wildman–Crippen MR) is 64.9 cm³/mol. The molecule has 0 bridgehead atoms. The van der Waals surface area contributed by atoms with Crippen molar-refractivity contribution in [3.63, 3.8) is 0 Å². The highest BCUT2D eigenvalue weighted by Gasteiger charge is 2.19. The molecule has 1 rings (SSSR count). The molecule has 1 aromatic rings. The molecule has 0 unspecified atom stereocenters. The lowest BCUT2D eigenvalue weighted by atomic mass is 9.90. The van der Waals surface area contributed by atoms with Crippen LogP contribution in [0, 0.1) is 5.41 Å². The molecule has 0 radical (unpaired) electrons. The number of carbonyl (C=O) groups excluding carboxylic acids is 1. The van der Waals surface area contributed by atoms with E-state index in [-0.39, 0.29) is 23.0 Å². The maximum atomic E-state index is 11.7. The molecule has 1 amide bonds. The average molecular weight is 238 g/mol. The summed E-state index contributed by atoms with van der Waals surface area (Å²) in [5.41, 5.74) is -0.389. The smallest absolute Gasteiger partial charge is 0.256 e. The van der Waals surface area contributed by atoms with Crippen molar-refractivity contribution in [2.75, 3.05) is 13.2 Å². The largest absolute Gasteiger partial charge is 0.396 e. The van der Waals surface area contributed by atoms with Crippen LogP contribution in [0.2, 0.25) is 0 Å². The van der Waals surface area contributed by atoms with Gasteiger partial charge in [-0.05, 0) is 11.8 Å². The van der Waals surface area contributed by atoms with Crippen LogP contribution in [0.15, 0.2) is 23.3 Å². The van der Waals surface area contributed by atoms with Gasteiger partial charge < -0.3 is 15.4 Å². The maximum Gasteiger partial charge on any atom is 0.256 e. The number of nitrogens with one attached hydrogen (secondary N) is 2. The Morgan fingerprint density at radius 3 is 2.82 bits per heavy atom. The minimum absolute atomic E-state index is 0.0782. The summed E-state index contributed by atoms with van der Waals surface area (Å²) in [4.78, 5) is 25.8. The zero-order chi connectivity index (χ0) is 12.9. The molecule has 0 aromatic carbocycles. The van der Waals surface area contributed by atoms with E-state index in [1.165, 1.54) is 18.5 Å². The summed E-state index contributed by atoms with van der Waals surface area (Å²) in [6.07, 6.45) is 3.46. The molecule has 0 aliphatic rings. The first-order valence-corrected chi connectivity index (χ1v) is 5.52. The maximum absolute atomic E-state index is 11.7. The van der Waals surface area contributed by atoms with Gasteiger partial charge in [0.1, 0.15) is 5.56 Å². The Morgan fingerprint density at radius 2 is 2.24 bits per heavy atom. The van der Waals surface area contributed by atoms with Crippen molar-refractivity contribution in [3.05, 3.63) is 34.2 Å². The van der Waals surface area contributed by atoms with E-state index in [0.717, 1.165) is 0 Å². The van der Waals surface area contributed by atoms with Gasteiger partial charge in [0.05, 0.1) is 0 Å². The fraction of sp³-hybridized carbons (Fsp3) is 0.500. The fourth-order valence-corrected chi connectivity index (χ4v) is 1.40. The molecule has 94 valence electrons. The molecule has 5 nitrogen and oxygen atoms in total. The Bertz CT molecular complexity index is 437. The van der Waals surface area contributed by atoms with Crippen molar-refractivity contribution in [1.29, 1.82) is 0 Å². The van der Waals surface area contributed by atoms with Gasteiger partial charge >= 0.3 is 0 Å². The van der Waals surface area contributed by atoms with E-state index in [1.54, 1.807) is 0 Å². The summed E-state index contributed by atoms with van der Waals surface area (Å²) in [6.45, 7) is 4.38. The highest BCUT2D eigenvalue weighted by atomic mass is 16.3. The first kappa shape index (κ1) is 13.4. The van der Waals surface area contributed by atoms with Crippen LogP contribution >= 0.6 is 0 Å². The molecular formula is C12H18N2O3. The summed E-state index contributed by atoms with van der Waals surface area (Å²) in [5, 5.41) is 11.6. The third-order valence-electron chi connectivity index (χ3n) is 2.58. The van der Waals surface area contributed by atoms with Crippen LogP contribution in [0.1, 0.15) is 30.6 Å². The number of H-pyrrole nitrogens is 1. The number of aromatic nitrogens is 1. The van der Waals surface area contributed by atoms with Crippen LogP contribution in [-0.2, 0) is 0 Å². The third kappa shape index (κ3) is 4.03. The van der Waals surface area contributed by atoms with E-state index in [0.29, 0.717) is 13.0 Å². The quantitative estimate of drug-likeness (QED) is 0.699. The van der Waals surface area contributed by atoms with Crippen molar-refractivity contribution < 1.29 is 9.90 Å². The molecule has 0 saturated carbocycles. The van der Waals surface area contributed by atoms with Crippen molar-refractivity contribution >= 4 is 5.91 Å². The molecule has 1 aromatic heterocycles. The number of hydrogen-bond acceptors (Lipinski definition) is 3. The lowest BCUT2D eigenvalue weighted by Crippen LogP contribution is -2.36. The van der Waals surface area contributed by atoms with Gasteiger partial charge in [0.25, 0.3) is 5.91 Å². The lowest BCUT2D eigenvalue weighted by Gasteiger charge is -2.23. The summed E-state index contributed by atoms with van der Waals surface area (Å²) in [5.74, 6) is -0.391. The Labute approximate surface area is 99.9 Å². The van der Waals surface area contributed by atoms with Gasteiger partial charge in [0.15, 0.2) is 5.43 Å². The van der Waals surface area contributed by atoms with Crippen molar-refractivity contribution in [3.8, 4) is 0 Å². The Hall–Kier alpha value is -1.62. The number of amides is 1. The highest BCUT2D eigenvalue weighted by molar-refractivity contribution is 5.93. The summed E-state index contributed by atoms with van der Waals surface area (Å²) < 4.78 is 0. The van der Waals surface area contributed by atoms with Crippen LogP contribution in [0.4, 0.5) is 0 Å². The number of rotatable bonds is 5. The summed E-state index contributed by atoms with van der Waals surface area (Å²) in [7, 11) is 0. The molecule has 0 spiro atoms. The minimum Gasteiger partial charge on any atom is -0.396 e. The second-order valence-corrected chi connectivity index (χ2v) is 4.74. The van der Waals surface area contributed by atoms with Gasteiger partial charge in [-0.15, -0.1) is 0 Å². The number of pyridine rings is 1. The van der Waals surface area contributed by atoms with Crippen LogP contribution in [-0.4, -0.2) is 29.1 Å². The van der Waals surface area contributed by atoms with Crippen LogP contribution in [0.3, 0.4) is 0 Å². The molecule has 0 aliphatic carbocycles. The Morgan fingerprint density at radius 1 is 1.53 bits per heavy atom. The average Bonchev–Trinajstić information content (AvgIpc) is 2.27. The van der Waals surface area contributed by atoms with E-state index in [1.807, 2.05) is 13.8 Å². The van der Waals surface area contributed by atoms with Crippen molar-refractivity contribution in [1.82, 2.24) is 10.3 Å². The molecule has 0 aliphatic heterocycles.